The molecule has 0 bridgehead atoms. The van der Waals surface area contributed by atoms with Gasteiger partial charge in [-0.05, 0) is 26.1 Å². The fourth-order valence-electron chi connectivity index (χ4n) is 0.590. The van der Waals surface area contributed by atoms with Gasteiger partial charge in [0.15, 0.2) is 0 Å². The molecule has 1 N–H and O–H groups in total. The van der Waals surface area contributed by atoms with Crippen molar-refractivity contribution in [2.45, 2.75) is 32.7 Å². The van der Waals surface area contributed by atoms with Crippen LogP contribution in [-0.4, -0.2) is 24.6 Å². The van der Waals surface area contributed by atoms with Gasteiger partial charge >= 0.3 is 0 Å². The van der Waals surface area contributed by atoms with Crippen LogP contribution in [0.25, 0.3) is 0 Å². The first-order valence-corrected chi connectivity index (χ1v) is 5.21. The molecule has 0 radical (unpaired) electrons. The Balaban J connectivity index is 2.89. The highest BCUT2D eigenvalue weighted by Gasteiger charge is 1.95. The van der Waals surface area contributed by atoms with Crippen molar-refractivity contribution < 1.29 is 0 Å². The lowest BCUT2D eigenvalue weighted by Gasteiger charge is -2.08. The molecule has 2 heteroatoms. The molecule has 1 unspecified atom stereocenters. The van der Waals surface area contributed by atoms with E-state index in [1.165, 1.54) is 24.3 Å². The Morgan fingerprint density at radius 2 is 2.20 bits per heavy atom. The van der Waals surface area contributed by atoms with Crippen molar-refractivity contribution in [2.24, 2.45) is 0 Å². The summed E-state index contributed by atoms with van der Waals surface area (Å²) in [6.45, 7) is 4.46. The third-order valence-corrected chi connectivity index (χ3v) is 2.82. The van der Waals surface area contributed by atoms with E-state index in [1.54, 1.807) is 0 Å². The smallest absolute Gasteiger partial charge is 0.0126 e. The summed E-state index contributed by atoms with van der Waals surface area (Å²) in [5.41, 5.74) is 0. The predicted octanol–water partition coefficient (Wildman–Crippen LogP) is 2.13. The number of hydrogen-bond acceptors (Lipinski definition) is 2. The third kappa shape index (κ3) is 6.43. The van der Waals surface area contributed by atoms with Gasteiger partial charge in [-0.3, -0.25) is 0 Å². The van der Waals surface area contributed by atoms with Gasteiger partial charge in [-0.15, -0.1) is 0 Å². The fraction of sp³-hybridized carbons (Fsp3) is 1.00. The minimum absolute atomic E-state index is 0.668. The minimum Gasteiger partial charge on any atom is -0.316 e. The van der Waals surface area contributed by atoms with E-state index in [1.807, 2.05) is 18.8 Å². The molecule has 1 atom stereocenters. The Labute approximate surface area is 69.0 Å². The maximum Gasteiger partial charge on any atom is 0.0126 e. The molecule has 0 aromatic heterocycles. The van der Waals surface area contributed by atoms with Gasteiger partial charge < -0.3 is 5.32 Å². The lowest BCUT2D eigenvalue weighted by Crippen LogP contribution is -2.23. The standard InChI is InChI=1S/C8H19NS/c1-4-5-6-10-7-8(2)9-3/h8-9H,4-7H2,1-3H3. The van der Waals surface area contributed by atoms with Gasteiger partial charge in [0.2, 0.25) is 0 Å². The van der Waals surface area contributed by atoms with Crippen LogP contribution in [0.15, 0.2) is 0 Å². The highest BCUT2D eigenvalue weighted by Crippen LogP contribution is 2.05. The molecular weight excluding hydrogens is 142 g/mol. The van der Waals surface area contributed by atoms with Crippen LogP contribution in [-0.2, 0) is 0 Å². The number of thioether (sulfide) groups is 1. The second-order valence-electron chi connectivity index (χ2n) is 2.62. The van der Waals surface area contributed by atoms with E-state index in [-0.39, 0.29) is 0 Å². The van der Waals surface area contributed by atoms with Gasteiger partial charge in [-0.25, -0.2) is 0 Å². The van der Waals surface area contributed by atoms with Gasteiger partial charge in [0.25, 0.3) is 0 Å². The van der Waals surface area contributed by atoms with Crippen molar-refractivity contribution in [2.75, 3.05) is 18.6 Å². The van der Waals surface area contributed by atoms with Crippen LogP contribution in [0.5, 0.6) is 0 Å². The van der Waals surface area contributed by atoms with E-state index in [0.717, 1.165) is 0 Å². The van der Waals surface area contributed by atoms with Crippen LogP contribution in [0.4, 0.5) is 0 Å². The number of unbranched alkanes of at least 4 members (excludes halogenated alkanes) is 1. The Bertz CT molecular complexity index is 66.3. The Kier molecular flexibility index (Phi) is 7.65. The monoisotopic (exact) mass is 161 g/mol. The zero-order valence-electron chi connectivity index (χ0n) is 7.31. The van der Waals surface area contributed by atoms with E-state index in [2.05, 4.69) is 19.2 Å². The van der Waals surface area contributed by atoms with Crippen molar-refractivity contribution >= 4 is 11.8 Å². The van der Waals surface area contributed by atoms with Crippen molar-refractivity contribution in [1.82, 2.24) is 5.32 Å². The first kappa shape index (κ1) is 10.3. The van der Waals surface area contributed by atoms with E-state index in [4.69, 9.17) is 0 Å². The summed E-state index contributed by atoms with van der Waals surface area (Å²) in [5.74, 6) is 2.57. The molecule has 0 aromatic carbocycles. The first-order valence-electron chi connectivity index (χ1n) is 4.06. The molecule has 0 rings (SSSR count). The molecule has 0 saturated heterocycles. The highest BCUT2D eigenvalue weighted by molar-refractivity contribution is 7.99. The lowest BCUT2D eigenvalue weighted by atomic mass is 10.4. The van der Waals surface area contributed by atoms with Crippen LogP contribution in [0.1, 0.15) is 26.7 Å². The highest BCUT2D eigenvalue weighted by atomic mass is 32.2. The number of rotatable bonds is 6. The van der Waals surface area contributed by atoms with Gasteiger partial charge in [0, 0.05) is 11.8 Å². The van der Waals surface area contributed by atoms with Crippen LogP contribution in [0, 0.1) is 0 Å². The molecule has 0 aromatic rings. The largest absolute Gasteiger partial charge is 0.316 e. The lowest BCUT2D eigenvalue weighted by molar-refractivity contribution is 0.677. The maximum atomic E-state index is 3.22. The Hall–Kier alpha value is 0.310. The SMILES string of the molecule is CCCCSCC(C)NC. The van der Waals surface area contributed by atoms with Gasteiger partial charge in [0.05, 0.1) is 0 Å². The molecule has 0 heterocycles. The second-order valence-corrected chi connectivity index (χ2v) is 3.77. The van der Waals surface area contributed by atoms with Gasteiger partial charge in [0.1, 0.15) is 0 Å². The summed E-state index contributed by atoms with van der Waals surface area (Å²) in [7, 11) is 2.02. The first-order chi connectivity index (χ1) is 4.81. The fourth-order valence-corrected chi connectivity index (χ4v) is 1.77. The topological polar surface area (TPSA) is 12.0 Å². The van der Waals surface area contributed by atoms with Gasteiger partial charge in [-0.2, -0.15) is 11.8 Å². The second kappa shape index (κ2) is 7.42. The average molecular weight is 161 g/mol. The van der Waals surface area contributed by atoms with Crippen LogP contribution in [0.2, 0.25) is 0 Å². The Morgan fingerprint density at radius 3 is 2.70 bits per heavy atom. The molecule has 0 fully saturated rings. The van der Waals surface area contributed by atoms with Gasteiger partial charge in [-0.1, -0.05) is 13.3 Å². The molecule has 62 valence electrons. The summed E-state index contributed by atoms with van der Waals surface area (Å²) in [6.07, 6.45) is 2.68. The molecule has 0 amide bonds. The average Bonchev–Trinajstić information content (AvgIpc) is 1.98. The van der Waals surface area contributed by atoms with Crippen LogP contribution in [0.3, 0.4) is 0 Å². The summed E-state index contributed by atoms with van der Waals surface area (Å²) < 4.78 is 0. The zero-order chi connectivity index (χ0) is 7.82. The van der Waals surface area contributed by atoms with Crippen molar-refractivity contribution in [3.63, 3.8) is 0 Å². The minimum atomic E-state index is 0.668. The summed E-state index contributed by atoms with van der Waals surface area (Å²) in [5, 5.41) is 3.22. The van der Waals surface area contributed by atoms with E-state index in [0.29, 0.717) is 6.04 Å². The summed E-state index contributed by atoms with van der Waals surface area (Å²) >= 11 is 2.05. The van der Waals surface area contributed by atoms with Crippen molar-refractivity contribution in [1.29, 1.82) is 0 Å². The summed E-state index contributed by atoms with van der Waals surface area (Å²) in [4.78, 5) is 0. The molecule has 0 aliphatic heterocycles. The normalized spacial score (nSPS) is 13.5. The van der Waals surface area contributed by atoms with Crippen LogP contribution >= 0.6 is 11.8 Å². The molecule has 1 nitrogen and oxygen atoms in total. The maximum absolute atomic E-state index is 3.22. The van der Waals surface area contributed by atoms with E-state index in [9.17, 15) is 0 Å². The van der Waals surface area contributed by atoms with E-state index < -0.39 is 0 Å². The quantitative estimate of drug-likeness (QED) is 0.599. The predicted molar refractivity (Wildman–Crippen MR) is 50.8 cm³/mol. The van der Waals surface area contributed by atoms with E-state index >= 15 is 0 Å². The third-order valence-electron chi connectivity index (χ3n) is 1.50. The molecule has 0 spiro atoms. The molecule has 0 saturated carbocycles. The van der Waals surface area contributed by atoms with Crippen LogP contribution < -0.4 is 5.32 Å². The Morgan fingerprint density at radius 1 is 1.50 bits per heavy atom. The number of nitrogens with one attached hydrogen (secondary N) is 1. The molecule has 0 aliphatic rings. The number of hydrogen-bond donors (Lipinski definition) is 1. The summed E-state index contributed by atoms with van der Waals surface area (Å²) in [6, 6.07) is 0.668. The van der Waals surface area contributed by atoms with Crippen molar-refractivity contribution in [3.05, 3.63) is 0 Å². The molecule has 0 aliphatic carbocycles. The van der Waals surface area contributed by atoms with Crippen molar-refractivity contribution in [3.8, 4) is 0 Å². The molecular formula is C8H19NS. The molecule has 10 heavy (non-hydrogen) atoms. The zero-order valence-corrected chi connectivity index (χ0v) is 8.13.